The van der Waals surface area contributed by atoms with Crippen LogP contribution in [0.3, 0.4) is 0 Å². The van der Waals surface area contributed by atoms with Crippen molar-refractivity contribution in [1.82, 2.24) is 4.90 Å². The van der Waals surface area contributed by atoms with Gasteiger partial charge in [-0.1, -0.05) is 27.7 Å². The molecule has 2 atom stereocenters. The molecule has 0 aromatic rings. The molecule has 0 radical (unpaired) electrons. The van der Waals surface area contributed by atoms with Crippen LogP contribution in [0.2, 0.25) is 0 Å². The van der Waals surface area contributed by atoms with Gasteiger partial charge in [0.2, 0.25) is 0 Å². The SMILES string of the molecule is C[C@@H]1CN(C2CCC(C(C)(C)C)CC2)C[C@H]1C(=O)O. The molecule has 2 aliphatic rings. The summed E-state index contributed by atoms with van der Waals surface area (Å²) in [6.07, 6.45) is 5.11. The number of aliphatic carboxylic acids is 1. The fourth-order valence-electron chi connectivity index (χ4n) is 3.93. The first-order valence-electron chi connectivity index (χ1n) is 7.76. The largest absolute Gasteiger partial charge is 0.481 e. The van der Waals surface area contributed by atoms with Crippen LogP contribution in [0.5, 0.6) is 0 Å². The Morgan fingerprint density at radius 2 is 1.68 bits per heavy atom. The zero-order chi connectivity index (χ0) is 14.2. The van der Waals surface area contributed by atoms with Crippen molar-refractivity contribution >= 4 is 5.97 Å². The van der Waals surface area contributed by atoms with E-state index in [-0.39, 0.29) is 5.92 Å². The number of likely N-dealkylation sites (tertiary alicyclic amines) is 1. The Kier molecular flexibility index (Phi) is 4.24. The van der Waals surface area contributed by atoms with Crippen LogP contribution in [-0.2, 0) is 4.79 Å². The summed E-state index contributed by atoms with van der Waals surface area (Å²) >= 11 is 0. The molecule has 2 rings (SSSR count). The third kappa shape index (κ3) is 3.31. The highest BCUT2D eigenvalue weighted by molar-refractivity contribution is 5.71. The Hall–Kier alpha value is -0.570. The number of nitrogens with zero attached hydrogens (tertiary/aromatic N) is 1. The van der Waals surface area contributed by atoms with Crippen molar-refractivity contribution < 1.29 is 9.90 Å². The van der Waals surface area contributed by atoms with Crippen LogP contribution >= 0.6 is 0 Å². The predicted molar refractivity (Wildman–Crippen MR) is 77.1 cm³/mol. The van der Waals surface area contributed by atoms with Crippen molar-refractivity contribution in [3.05, 3.63) is 0 Å². The van der Waals surface area contributed by atoms with E-state index in [1.54, 1.807) is 0 Å². The minimum Gasteiger partial charge on any atom is -0.481 e. The van der Waals surface area contributed by atoms with Gasteiger partial charge in [0.25, 0.3) is 0 Å². The maximum Gasteiger partial charge on any atom is 0.308 e. The molecule has 1 heterocycles. The van der Waals surface area contributed by atoms with Crippen molar-refractivity contribution in [2.75, 3.05) is 13.1 Å². The molecule has 1 aliphatic carbocycles. The lowest BCUT2D eigenvalue weighted by molar-refractivity contribution is -0.142. The molecule has 0 aromatic heterocycles. The number of carboxylic acid groups (broad SMARTS) is 1. The smallest absolute Gasteiger partial charge is 0.308 e. The zero-order valence-electron chi connectivity index (χ0n) is 12.9. The van der Waals surface area contributed by atoms with Gasteiger partial charge in [-0.25, -0.2) is 0 Å². The lowest BCUT2D eigenvalue weighted by Gasteiger charge is -2.40. The number of carbonyl (C=O) groups is 1. The first kappa shape index (κ1) is 14.8. The van der Waals surface area contributed by atoms with Gasteiger partial charge in [-0.05, 0) is 42.9 Å². The molecule has 2 fully saturated rings. The van der Waals surface area contributed by atoms with E-state index in [2.05, 4.69) is 32.6 Å². The molecule has 1 saturated heterocycles. The Bertz CT molecular complexity index is 326. The van der Waals surface area contributed by atoms with E-state index < -0.39 is 5.97 Å². The topological polar surface area (TPSA) is 40.5 Å². The molecule has 3 nitrogen and oxygen atoms in total. The predicted octanol–water partition coefficient (Wildman–Crippen LogP) is 3.24. The van der Waals surface area contributed by atoms with Gasteiger partial charge in [-0.3, -0.25) is 9.69 Å². The van der Waals surface area contributed by atoms with Crippen LogP contribution in [0, 0.1) is 23.2 Å². The standard InChI is InChI=1S/C16H29NO2/c1-11-9-17(10-14(11)15(18)19)13-7-5-12(6-8-13)16(2,3)4/h11-14H,5-10H2,1-4H3,(H,18,19)/t11-,12?,13?,14-/m1/s1. The number of hydrogen-bond acceptors (Lipinski definition) is 2. The van der Waals surface area contributed by atoms with Gasteiger partial charge < -0.3 is 5.11 Å². The molecular weight excluding hydrogens is 238 g/mol. The fraction of sp³-hybridized carbons (Fsp3) is 0.938. The molecule has 110 valence electrons. The zero-order valence-corrected chi connectivity index (χ0v) is 12.9. The van der Waals surface area contributed by atoms with E-state index in [9.17, 15) is 9.90 Å². The average molecular weight is 267 g/mol. The monoisotopic (exact) mass is 267 g/mol. The van der Waals surface area contributed by atoms with Gasteiger partial charge in [-0.15, -0.1) is 0 Å². The minimum absolute atomic E-state index is 0.152. The lowest BCUT2D eigenvalue weighted by atomic mass is 9.71. The van der Waals surface area contributed by atoms with Crippen LogP contribution in [-0.4, -0.2) is 35.1 Å². The highest BCUT2D eigenvalue weighted by atomic mass is 16.4. The summed E-state index contributed by atoms with van der Waals surface area (Å²) in [6, 6.07) is 0.630. The highest BCUT2D eigenvalue weighted by Crippen LogP contribution is 2.40. The number of rotatable bonds is 2. The molecular formula is C16H29NO2. The Labute approximate surface area is 117 Å². The number of carboxylic acids is 1. The van der Waals surface area contributed by atoms with E-state index in [1.165, 1.54) is 25.7 Å². The third-order valence-electron chi connectivity index (χ3n) is 5.40. The van der Waals surface area contributed by atoms with Crippen molar-refractivity contribution in [3.63, 3.8) is 0 Å². The summed E-state index contributed by atoms with van der Waals surface area (Å²) in [5.41, 5.74) is 0.423. The first-order chi connectivity index (χ1) is 8.79. The van der Waals surface area contributed by atoms with Crippen LogP contribution in [0.25, 0.3) is 0 Å². The molecule has 19 heavy (non-hydrogen) atoms. The molecule has 0 aromatic carbocycles. The lowest BCUT2D eigenvalue weighted by Crippen LogP contribution is -2.39. The molecule has 3 heteroatoms. The van der Waals surface area contributed by atoms with Gasteiger partial charge in [0.05, 0.1) is 5.92 Å². The summed E-state index contributed by atoms with van der Waals surface area (Å²) in [7, 11) is 0. The van der Waals surface area contributed by atoms with Crippen molar-refractivity contribution in [2.45, 2.75) is 59.4 Å². The summed E-state index contributed by atoms with van der Waals surface area (Å²) < 4.78 is 0. The van der Waals surface area contributed by atoms with Crippen LogP contribution in [0.1, 0.15) is 53.4 Å². The van der Waals surface area contributed by atoms with E-state index >= 15 is 0 Å². The Morgan fingerprint density at radius 1 is 1.11 bits per heavy atom. The average Bonchev–Trinajstić information content (AvgIpc) is 2.70. The maximum atomic E-state index is 11.2. The van der Waals surface area contributed by atoms with Crippen molar-refractivity contribution in [3.8, 4) is 0 Å². The first-order valence-corrected chi connectivity index (χ1v) is 7.76. The van der Waals surface area contributed by atoms with E-state index in [0.29, 0.717) is 17.4 Å². The second-order valence-corrected chi connectivity index (χ2v) is 7.75. The maximum absolute atomic E-state index is 11.2. The summed E-state index contributed by atoms with van der Waals surface area (Å²) in [5.74, 6) is 0.371. The van der Waals surface area contributed by atoms with Gasteiger partial charge >= 0.3 is 5.97 Å². The van der Waals surface area contributed by atoms with Crippen molar-refractivity contribution in [1.29, 1.82) is 0 Å². The number of hydrogen-bond donors (Lipinski definition) is 1. The van der Waals surface area contributed by atoms with Crippen LogP contribution in [0.15, 0.2) is 0 Å². The van der Waals surface area contributed by atoms with Gasteiger partial charge in [0.1, 0.15) is 0 Å². The Balaban J connectivity index is 1.88. The van der Waals surface area contributed by atoms with Crippen LogP contribution in [0.4, 0.5) is 0 Å². The fourth-order valence-corrected chi connectivity index (χ4v) is 3.93. The van der Waals surface area contributed by atoms with E-state index in [0.717, 1.165) is 19.0 Å². The second-order valence-electron chi connectivity index (χ2n) is 7.75. The quantitative estimate of drug-likeness (QED) is 0.835. The molecule has 0 bridgehead atoms. The molecule has 0 amide bonds. The highest BCUT2D eigenvalue weighted by Gasteiger charge is 2.39. The normalized spacial score (nSPS) is 37.5. The molecule has 0 unspecified atom stereocenters. The van der Waals surface area contributed by atoms with Gasteiger partial charge in [0, 0.05) is 19.1 Å². The summed E-state index contributed by atoms with van der Waals surface area (Å²) in [4.78, 5) is 13.6. The molecule has 1 saturated carbocycles. The van der Waals surface area contributed by atoms with Gasteiger partial charge in [0.15, 0.2) is 0 Å². The summed E-state index contributed by atoms with van der Waals surface area (Å²) in [5, 5.41) is 9.22. The second kappa shape index (κ2) is 5.43. The minimum atomic E-state index is -0.613. The van der Waals surface area contributed by atoms with Crippen LogP contribution < -0.4 is 0 Å². The molecule has 1 N–H and O–H groups in total. The van der Waals surface area contributed by atoms with E-state index in [4.69, 9.17) is 0 Å². The summed E-state index contributed by atoms with van der Waals surface area (Å²) in [6.45, 7) is 10.9. The molecule has 1 aliphatic heterocycles. The van der Waals surface area contributed by atoms with E-state index in [1.807, 2.05) is 0 Å². The third-order valence-corrected chi connectivity index (χ3v) is 5.40. The van der Waals surface area contributed by atoms with Gasteiger partial charge in [-0.2, -0.15) is 0 Å². The molecule has 0 spiro atoms. The van der Waals surface area contributed by atoms with Crippen molar-refractivity contribution in [2.24, 2.45) is 23.2 Å². The Morgan fingerprint density at radius 3 is 2.11 bits per heavy atom.